The summed E-state index contributed by atoms with van der Waals surface area (Å²) < 4.78 is 7.05. The Morgan fingerprint density at radius 3 is 2.48 bits per heavy atom. The second-order valence-electron chi connectivity index (χ2n) is 6.46. The number of ether oxygens (including phenoxy) is 1. The summed E-state index contributed by atoms with van der Waals surface area (Å²) in [5.74, 6) is 1.92. The molecule has 1 amide bonds. The highest BCUT2D eigenvalue weighted by Gasteiger charge is 2.24. The number of rotatable bonds is 4. The van der Waals surface area contributed by atoms with E-state index in [1.165, 1.54) is 0 Å². The average molecular weight is 492 g/mol. The van der Waals surface area contributed by atoms with Crippen LogP contribution >= 0.6 is 24.0 Å². The van der Waals surface area contributed by atoms with E-state index < -0.39 is 0 Å². The van der Waals surface area contributed by atoms with Crippen LogP contribution in [0.1, 0.15) is 5.82 Å². The van der Waals surface area contributed by atoms with E-state index in [4.69, 9.17) is 4.74 Å². The number of aryl methyl sites for hydroxylation is 1. The van der Waals surface area contributed by atoms with Crippen LogP contribution in [0.4, 0.5) is 0 Å². The van der Waals surface area contributed by atoms with Gasteiger partial charge in [-0.05, 0) is 0 Å². The van der Waals surface area contributed by atoms with Crippen molar-refractivity contribution >= 4 is 35.8 Å². The molecule has 11 heteroatoms. The third kappa shape index (κ3) is 6.01. The van der Waals surface area contributed by atoms with E-state index in [1.807, 2.05) is 11.9 Å². The second-order valence-corrected chi connectivity index (χ2v) is 6.46. The molecule has 0 spiro atoms. The molecule has 0 unspecified atom stereocenters. The number of carbonyl (C=O) groups excluding carboxylic acids is 1. The van der Waals surface area contributed by atoms with E-state index >= 15 is 0 Å². The van der Waals surface area contributed by atoms with Crippen LogP contribution in [0.3, 0.4) is 0 Å². The smallest absolute Gasteiger partial charge is 0.236 e. The number of aromatic nitrogens is 3. The van der Waals surface area contributed by atoms with Crippen molar-refractivity contribution in [3.63, 3.8) is 0 Å². The van der Waals surface area contributed by atoms with E-state index in [9.17, 15) is 4.79 Å². The SMILES string of the molecule is CN=C(NCc1ncnn1C)N1CCN(CC(=O)N2CCOCC2)CC1.I. The third-order valence-corrected chi connectivity index (χ3v) is 4.82. The van der Waals surface area contributed by atoms with Gasteiger partial charge in [0.05, 0.1) is 26.3 Å². The number of aliphatic imine (C=N–C) groups is 1. The topological polar surface area (TPSA) is 91.1 Å². The Morgan fingerprint density at radius 2 is 1.89 bits per heavy atom. The number of nitrogens with one attached hydrogen (secondary N) is 1. The standard InChI is InChI=1S/C16H28N8O2.HI/c1-17-16(18-11-14-19-13-20-21(14)2)24-5-3-22(4-6-24)12-15(25)23-7-9-26-10-8-23;/h13H,3-12H2,1-2H3,(H,17,18);1H. The molecule has 2 saturated heterocycles. The molecule has 152 valence electrons. The first-order chi connectivity index (χ1) is 12.7. The van der Waals surface area contributed by atoms with Crippen molar-refractivity contribution < 1.29 is 9.53 Å². The fraction of sp³-hybridized carbons (Fsp3) is 0.750. The van der Waals surface area contributed by atoms with Gasteiger partial charge < -0.3 is 19.9 Å². The van der Waals surface area contributed by atoms with Crippen molar-refractivity contribution in [3.8, 4) is 0 Å². The number of halogens is 1. The maximum Gasteiger partial charge on any atom is 0.236 e. The minimum absolute atomic E-state index is 0. The molecule has 0 aromatic carbocycles. The van der Waals surface area contributed by atoms with Crippen molar-refractivity contribution in [2.24, 2.45) is 12.0 Å². The van der Waals surface area contributed by atoms with Crippen molar-refractivity contribution in [2.75, 3.05) is 66.1 Å². The summed E-state index contributed by atoms with van der Waals surface area (Å²) in [5.41, 5.74) is 0. The van der Waals surface area contributed by atoms with Gasteiger partial charge in [-0.25, -0.2) is 4.98 Å². The molecule has 0 atom stereocenters. The second kappa shape index (κ2) is 10.8. The van der Waals surface area contributed by atoms with Gasteiger partial charge in [-0.15, -0.1) is 24.0 Å². The van der Waals surface area contributed by atoms with Crippen LogP contribution in [0.15, 0.2) is 11.3 Å². The van der Waals surface area contributed by atoms with Gasteiger partial charge in [0.15, 0.2) is 5.96 Å². The number of nitrogens with zero attached hydrogens (tertiary/aromatic N) is 7. The van der Waals surface area contributed by atoms with Crippen molar-refractivity contribution in [1.82, 2.24) is 34.8 Å². The van der Waals surface area contributed by atoms with E-state index in [0.29, 0.717) is 39.4 Å². The zero-order chi connectivity index (χ0) is 18.4. The normalized spacial score (nSPS) is 19.0. The summed E-state index contributed by atoms with van der Waals surface area (Å²) in [4.78, 5) is 27.3. The number of hydrogen-bond donors (Lipinski definition) is 1. The summed E-state index contributed by atoms with van der Waals surface area (Å²) >= 11 is 0. The molecule has 2 aliphatic heterocycles. The fourth-order valence-electron chi connectivity index (χ4n) is 3.19. The molecule has 0 saturated carbocycles. The Kier molecular flexibility index (Phi) is 8.70. The zero-order valence-electron chi connectivity index (χ0n) is 16.0. The molecule has 3 rings (SSSR count). The molecule has 0 aliphatic carbocycles. The van der Waals surface area contributed by atoms with E-state index in [2.05, 4.69) is 30.2 Å². The Hall–Kier alpha value is -1.47. The zero-order valence-corrected chi connectivity index (χ0v) is 18.3. The van der Waals surface area contributed by atoms with Gasteiger partial charge in [0.1, 0.15) is 12.2 Å². The van der Waals surface area contributed by atoms with E-state index in [-0.39, 0.29) is 29.9 Å². The average Bonchev–Trinajstić information content (AvgIpc) is 3.09. The Balaban J connectivity index is 0.00000261. The summed E-state index contributed by atoms with van der Waals surface area (Å²) in [6.45, 7) is 7.15. The number of hydrogen-bond acceptors (Lipinski definition) is 6. The molecule has 3 heterocycles. The van der Waals surface area contributed by atoms with Crippen LogP contribution < -0.4 is 5.32 Å². The van der Waals surface area contributed by atoms with Crippen LogP contribution in [0.2, 0.25) is 0 Å². The molecule has 10 nitrogen and oxygen atoms in total. The first-order valence-electron chi connectivity index (χ1n) is 9.03. The summed E-state index contributed by atoms with van der Waals surface area (Å²) in [5, 5.41) is 7.41. The van der Waals surface area contributed by atoms with Crippen LogP contribution in [0.5, 0.6) is 0 Å². The van der Waals surface area contributed by atoms with Gasteiger partial charge in [-0.2, -0.15) is 5.10 Å². The predicted molar refractivity (Wildman–Crippen MR) is 112 cm³/mol. The van der Waals surface area contributed by atoms with Gasteiger partial charge in [0.2, 0.25) is 5.91 Å². The first-order valence-corrected chi connectivity index (χ1v) is 9.03. The first kappa shape index (κ1) is 21.8. The molecular weight excluding hydrogens is 463 g/mol. The molecule has 2 aliphatic rings. The van der Waals surface area contributed by atoms with Gasteiger partial charge in [0.25, 0.3) is 0 Å². The van der Waals surface area contributed by atoms with E-state index in [0.717, 1.165) is 38.0 Å². The third-order valence-electron chi connectivity index (χ3n) is 4.82. The van der Waals surface area contributed by atoms with E-state index in [1.54, 1.807) is 18.1 Å². The Morgan fingerprint density at radius 1 is 1.19 bits per heavy atom. The summed E-state index contributed by atoms with van der Waals surface area (Å²) in [6, 6.07) is 0. The monoisotopic (exact) mass is 492 g/mol. The quantitative estimate of drug-likeness (QED) is 0.327. The molecular formula is C16H29IN8O2. The van der Waals surface area contributed by atoms with Crippen molar-refractivity contribution in [3.05, 3.63) is 12.2 Å². The van der Waals surface area contributed by atoms with Gasteiger partial charge in [0, 0.05) is 53.4 Å². The molecule has 1 N–H and O–H groups in total. The predicted octanol–water partition coefficient (Wildman–Crippen LogP) is -1.02. The lowest BCUT2D eigenvalue weighted by atomic mass is 10.3. The molecule has 0 radical (unpaired) electrons. The highest BCUT2D eigenvalue weighted by Crippen LogP contribution is 2.05. The van der Waals surface area contributed by atoms with Crippen LogP contribution in [-0.2, 0) is 23.1 Å². The van der Waals surface area contributed by atoms with Crippen molar-refractivity contribution in [2.45, 2.75) is 6.54 Å². The molecule has 1 aromatic rings. The minimum Gasteiger partial charge on any atom is -0.378 e. The lowest BCUT2D eigenvalue weighted by molar-refractivity contribution is -0.136. The molecule has 2 fully saturated rings. The fourth-order valence-corrected chi connectivity index (χ4v) is 3.19. The van der Waals surface area contributed by atoms with Gasteiger partial charge >= 0.3 is 0 Å². The van der Waals surface area contributed by atoms with Crippen LogP contribution in [-0.4, -0.2) is 107 Å². The lowest BCUT2D eigenvalue weighted by Crippen LogP contribution is -2.54. The summed E-state index contributed by atoms with van der Waals surface area (Å²) in [6.07, 6.45) is 1.55. The van der Waals surface area contributed by atoms with Gasteiger partial charge in [-0.3, -0.25) is 19.4 Å². The number of piperazine rings is 1. The largest absolute Gasteiger partial charge is 0.378 e. The lowest BCUT2D eigenvalue weighted by Gasteiger charge is -2.37. The molecule has 27 heavy (non-hydrogen) atoms. The van der Waals surface area contributed by atoms with Crippen LogP contribution in [0.25, 0.3) is 0 Å². The number of carbonyl (C=O) groups is 1. The molecule has 0 bridgehead atoms. The number of morpholine rings is 1. The highest BCUT2D eigenvalue weighted by molar-refractivity contribution is 14.0. The Bertz CT molecular complexity index is 624. The summed E-state index contributed by atoms with van der Waals surface area (Å²) in [7, 11) is 3.66. The Labute approximate surface area is 176 Å². The maximum atomic E-state index is 12.4. The maximum absolute atomic E-state index is 12.4. The van der Waals surface area contributed by atoms with Crippen molar-refractivity contribution in [1.29, 1.82) is 0 Å². The molecule has 1 aromatic heterocycles. The number of guanidine groups is 1. The van der Waals surface area contributed by atoms with Crippen LogP contribution in [0, 0.1) is 0 Å². The number of amides is 1. The minimum atomic E-state index is 0. The van der Waals surface area contributed by atoms with Gasteiger partial charge in [-0.1, -0.05) is 0 Å². The highest BCUT2D eigenvalue weighted by atomic mass is 127.